The molecule has 1 heterocycles. The van der Waals surface area contributed by atoms with Gasteiger partial charge in [-0.3, -0.25) is 4.79 Å². The van der Waals surface area contributed by atoms with Crippen LogP contribution >= 0.6 is 11.6 Å². The summed E-state index contributed by atoms with van der Waals surface area (Å²) in [6.45, 7) is 1.69. The number of aliphatic carboxylic acids is 1. The lowest BCUT2D eigenvalue weighted by atomic mass is 10.1. The summed E-state index contributed by atoms with van der Waals surface area (Å²) < 4.78 is 5.33. The van der Waals surface area contributed by atoms with Gasteiger partial charge in [0.1, 0.15) is 0 Å². The first kappa shape index (κ1) is 12.2. The summed E-state index contributed by atoms with van der Waals surface area (Å²) in [5, 5.41) is 9.53. The molecule has 0 aliphatic carbocycles. The molecule has 0 aromatic heterocycles. The molecule has 0 saturated carbocycles. The van der Waals surface area contributed by atoms with Crippen molar-refractivity contribution in [2.24, 2.45) is 0 Å². The maximum atomic E-state index is 10.8. The van der Waals surface area contributed by atoms with Crippen molar-refractivity contribution in [3.8, 4) is 0 Å². The third-order valence-corrected chi connectivity index (χ3v) is 3.12. The highest BCUT2D eigenvalue weighted by Gasteiger charge is 2.26. The number of ether oxygens (including phenoxy) is 1. The van der Waals surface area contributed by atoms with Crippen molar-refractivity contribution in [2.45, 2.75) is 12.5 Å². The Hall–Kier alpha value is -1.26. The fraction of sp³-hybridized carbons (Fsp3) is 0.417. The molecule has 0 radical (unpaired) electrons. The molecule has 1 aromatic rings. The number of hydrogen-bond donors (Lipinski definition) is 1. The summed E-state index contributed by atoms with van der Waals surface area (Å²) in [6, 6.07) is 7.32. The number of rotatable bonds is 3. The van der Waals surface area contributed by atoms with Gasteiger partial charge in [-0.25, -0.2) is 0 Å². The van der Waals surface area contributed by atoms with Crippen LogP contribution in [0, 0.1) is 0 Å². The van der Waals surface area contributed by atoms with Crippen LogP contribution in [0.3, 0.4) is 0 Å². The highest BCUT2D eigenvalue weighted by atomic mass is 35.5. The van der Waals surface area contributed by atoms with Gasteiger partial charge < -0.3 is 14.7 Å². The Morgan fingerprint density at radius 3 is 3.00 bits per heavy atom. The monoisotopic (exact) mass is 255 g/mol. The van der Waals surface area contributed by atoms with Crippen molar-refractivity contribution in [1.82, 2.24) is 0 Å². The first-order valence-corrected chi connectivity index (χ1v) is 5.87. The zero-order valence-corrected chi connectivity index (χ0v) is 10.1. The van der Waals surface area contributed by atoms with Crippen molar-refractivity contribution in [3.63, 3.8) is 0 Å². The molecule has 5 heteroatoms. The molecule has 1 aromatic carbocycles. The number of carboxylic acid groups (broad SMARTS) is 1. The van der Waals surface area contributed by atoms with E-state index in [-0.39, 0.29) is 12.5 Å². The molecule has 0 spiro atoms. The molecule has 1 atom stereocenters. The third-order valence-electron chi connectivity index (χ3n) is 2.80. The molecule has 0 bridgehead atoms. The minimum atomic E-state index is -0.822. The van der Waals surface area contributed by atoms with Gasteiger partial charge in [-0.2, -0.15) is 0 Å². The van der Waals surface area contributed by atoms with E-state index in [2.05, 4.69) is 0 Å². The standard InChI is InChI=1S/C12H14ClNO3/c13-10-3-1-2-4-11(10)14-5-6-17-8-9(14)7-12(15)16/h1-4,9H,5-8H2,(H,15,16). The predicted octanol–water partition coefficient (Wildman–Crippen LogP) is 2.02. The van der Waals surface area contributed by atoms with Crippen LogP contribution in [0.1, 0.15) is 6.42 Å². The van der Waals surface area contributed by atoms with E-state index in [1.807, 2.05) is 29.2 Å². The minimum Gasteiger partial charge on any atom is -0.481 e. The molecule has 1 saturated heterocycles. The summed E-state index contributed by atoms with van der Waals surface area (Å²) in [5.74, 6) is -0.822. The molecule has 1 N–H and O–H groups in total. The van der Waals surface area contributed by atoms with Crippen LogP contribution in [0.4, 0.5) is 5.69 Å². The van der Waals surface area contributed by atoms with Gasteiger partial charge in [-0.15, -0.1) is 0 Å². The number of nitrogens with zero attached hydrogens (tertiary/aromatic N) is 1. The average molecular weight is 256 g/mol. The number of benzene rings is 1. The fourth-order valence-corrected chi connectivity index (χ4v) is 2.27. The lowest BCUT2D eigenvalue weighted by Crippen LogP contribution is -2.46. The van der Waals surface area contributed by atoms with Crippen molar-refractivity contribution in [2.75, 3.05) is 24.7 Å². The van der Waals surface area contributed by atoms with Gasteiger partial charge in [-0.1, -0.05) is 23.7 Å². The normalized spacial score (nSPS) is 20.3. The van der Waals surface area contributed by atoms with Crippen molar-refractivity contribution in [1.29, 1.82) is 0 Å². The maximum Gasteiger partial charge on any atom is 0.305 e. The Labute approximate surface area is 105 Å². The Balaban J connectivity index is 2.21. The summed E-state index contributed by atoms with van der Waals surface area (Å²) in [4.78, 5) is 12.8. The molecular formula is C12H14ClNO3. The van der Waals surface area contributed by atoms with Crippen LogP contribution < -0.4 is 4.90 Å². The minimum absolute atomic E-state index is 0.0607. The first-order chi connectivity index (χ1) is 8.18. The molecule has 4 nitrogen and oxygen atoms in total. The Morgan fingerprint density at radius 2 is 2.29 bits per heavy atom. The second-order valence-electron chi connectivity index (χ2n) is 3.97. The zero-order valence-electron chi connectivity index (χ0n) is 9.30. The van der Waals surface area contributed by atoms with Gasteiger partial charge >= 0.3 is 5.97 Å². The Morgan fingerprint density at radius 1 is 1.53 bits per heavy atom. The molecule has 1 fully saturated rings. The van der Waals surface area contributed by atoms with E-state index < -0.39 is 5.97 Å². The van der Waals surface area contributed by atoms with Gasteiger partial charge in [0, 0.05) is 6.54 Å². The molecule has 17 heavy (non-hydrogen) atoms. The van der Waals surface area contributed by atoms with Crippen LogP contribution in [0.5, 0.6) is 0 Å². The molecule has 1 unspecified atom stereocenters. The lowest BCUT2D eigenvalue weighted by molar-refractivity contribution is -0.138. The van der Waals surface area contributed by atoms with Crippen LogP contribution in [0.2, 0.25) is 5.02 Å². The van der Waals surface area contributed by atoms with Crippen LogP contribution in [-0.4, -0.2) is 36.9 Å². The molecule has 0 amide bonds. The van der Waals surface area contributed by atoms with E-state index >= 15 is 0 Å². The van der Waals surface area contributed by atoms with E-state index in [4.69, 9.17) is 21.4 Å². The summed E-state index contributed by atoms with van der Waals surface area (Å²) in [5.41, 5.74) is 0.878. The van der Waals surface area contributed by atoms with Crippen LogP contribution in [0.25, 0.3) is 0 Å². The number of anilines is 1. The number of para-hydroxylation sites is 1. The van der Waals surface area contributed by atoms with Crippen molar-refractivity contribution < 1.29 is 14.6 Å². The largest absolute Gasteiger partial charge is 0.481 e. The third kappa shape index (κ3) is 2.90. The summed E-state index contributed by atoms with van der Waals surface area (Å²) in [7, 11) is 0. The predicted molar refractivity (Wildman–Crippen MR) is 65.7 cm³/mol. The van der Waals surface area contributed by atoms with Crippen molar-refractivity contribution >= 4 is 23.3 Å². The van der Waals surface area contributed by atoms with E-state index in [1.165, 1.54) is 0 Å². The lowest BCUT2D eigenvalue weighted by Gasteiger charge is -2.37. The molecule has 92 valence electrons. The molecule has 1 aliphatic heterocycles. The SMILES string of the molecule is O=C(O)CC1COCCN1c1ccccc1Cl. The van der Waals surface area contributed by atoms with Gasteiger partial charge in [0.15, 0.2) is 0 Å². The van der Waals surface area contributed by atoms with Gasteiger partial charge in [0.2, 0.25) is 0 Å². The topological polar surface area (TPSA) is 49.8 Å². The average Bonchev–Trinajstić information content (AvgIpc) is 2.30. The maximum absolute atomic E-state index is 10.8. The Bertz CT molecular complexity index is 410. The molecule has 2 rings (SSSR count). The summed E-state index contributed by atoms with van der Waals surface area (Å²) in [6.07, 6.45) is 0.0607. The Kier molecular flexibility index (Phi) is 3.86. The second kappa shape index (κ2) is 5.38. The fourth-order valence-electron chi connectivity index (χ4n) is 2.03. The highest BCUT2D eigenvalue weighted by molar-refractivity contribution is 6.33. The first-order valence-electron chi connectivity index (χ1n) is 5.49. The number of carboxylic acids is 1. The molecule has 1 aliphatic rings. The van der Waals surface area contributed by atoms with E-state index in [0.717, 1.165) is 5.69 Å². The number of carbonyl (C=O) groups is 1. The second-order valence-corrected chi connectivity index (χ2v) is 4.38. The quantitative estimate of drug-likeness (QED) is 0.898. The number of halogens is 1. The van der Waals surface area contributed by atoms with Gasteiger partial charge in [0.25, 0.3) is 0 Å². The van der Waals surface area contributed by atoms with Gasteiger partial charge in [-0.05, 0) is 12.1 Å². The van der Waals surface area contributed by atoms with E-state index in [1.54, 1.807) is 0 Å². The smallest absolute Gasteiger partial charge is 0.305 e. The van der Waals surface area contributed by atoms with E-state index in [9.17, 15) is 4.79 Å². The number of morpholine rings is 1. The zero-order chi connectivity index (χ0) is 12.3. The highest BCUT2D eigenvalue weighted by Crippen LogP contribution is 2.28. The number of hydrogen-bond acceptors (Lipinski definition) is 3. The van der Waals surface area contributed by atoms with Crippen LogP contribution in [0.15, 0.2) is 24.3 Å². The van der Waals surface area contributed by atoms with Crippen LogP contribution in [-0.2, 0) is 9.53 Å². The van der Waals surface area contributed by atoms with Crippen molar-refractivity contribution in [3.05, 3.63) is 29.3 Å². The van der Waals surface area contributed by atoms with E-state index in [0.29, 0.717) is 24.8 Å². The van der Waals surface area contributed by atoms with Gasteiger partial charge in [0.05, 0.1) is 36.4 Å². The summed E-state index contributed by atoms with van der Waals surface area (Å²) >= 11 is 6.13. The molecular weight excluding hydrogens is 242 g/mol.